The van der Waals surface area contributed by atoms with Gasteiger partial charge in [-0.1, -0.05) is 11.3 Å². The lowest BCUT2D eigenvalue weighted by atomic mass is 9.95. The molecule has 3 heterocycles. The molecule has 0 unspecified atom stereocenters. The largest absolute Gasteiger partial charge is 0.347 e. The van der Waals surface area contributed by atoms with Crippen LogP contribution in [0, 0.1) is 10.1 Å². The van der Waals surface area contributed by atoms with Crippen LogP contribution >= 0.6 is 11.3 Å². The summed E-state index contributed by atoms with van der Waals surface area (Å²) in [6, 6.07) is 3.95. The standard InChI is InChI=1S/C11H13N3O3S/c15-11(9-3-4-10(18-9)14(16)17)13-8-5-6-1-2-7(8)12-6/h3-4,6-8,12H,1-2,5H2,(H,13,15)/t6-,7+,8-/m1/s1. The molecule has 2 aliphatic heterocycles. The molecule has 2 N–H and O–H groups in total. The first-order valence-electron chi connectivity index (χ1n) is 5.94. The Kier molecular flexibility index (Phi) is 2.79. The Bertz CT molecular complexity index is 501. The molecule has 0 radical (unpaired) electrons. The van der Waals surface area contributed by atoms with Crippen molar-refractivity contribution in [3.8, 4) is 0 Å². The van der Waals surface area contributed by atoms with E-state index < -0.39 is 4.92 Å². The fourth-order valence-electron chi connectivity index (χ4n) is 2.77. The van der Waals surface area contributed by atoms with Gasteiger partial charge in [-0.05, 0) is 25.3 Å². The lowest BCUT2D eigenvalue weighted by Gasteiger charge is -2.20. The first kappa shape index (κ1) is 11.6. The van der Waals surface area contributed by atoms with Gasteiger partial charge in [-0.2, -0.15) is 0 Å². The fourth-order valence-corrected chi connectivity index (χ4v) is 3.49. The van der Waals surface area contributed by atoms with Crippen LogP contribution in [0.15, 0.2) is 12.1 Å². The van der Waals surface area contributed by atoms with Crippen LogP contribution in [0.4, 0.5) is 5.00 Å². The fraction of sp³-hybridized carbons (Fsp3) is 0.545. The Morgan fingerprint density at radius 3 is 2.89 bits per heavy atom. The highest BCUT2D eigenvalue weighted by Gasteiger charge is 2.39. The van der Waals surface area contributed by atoms with Gasteiger partial charge in [-0.3, -0.25) is 14.9 Å². The van der Waals surface area contributed by atoms with Crippen molar-refractivity contribution in [3.05, 3.63) is 27.1 Å². The van der Waals surface area contributed by atoms with Crippen LogP contribution < -0.4 is 10.6 Å². The number of hydrogen-bond acceptors (Lipinski definition) is 5. The summed E-state index contributed by atoms with van der Waals surface area (Å²) < 4.78 is 0. The summed E-state index contributed by atoms with van der Waals surface area (Å²) in [6.45, 7) is 0. The first-order chi connectivity index (χ1) is 8.63. The molecule has 0 aliphatic carbocycles. The van der Waals surface area contributed by atoms with E-state index in [0.717, 1.165) is 24.2 Å². The van der Waals surface area contributed by atoms with E-state index in [1.165, 1.54) is 18.6 Å². The van der Waals surface area contributed by atoms with Crippen LogP contribution in [0.1, 0.15) is 28.9 Å². The van der Waals surface area contributed by atoms with Gasteiger partial charge in [0.2, 0.25) is 0 Å². The Balaban J connectivity index is 1.65. The Labute approximate surface area is 108 Å². The average molecular weight is 267 g/mol. The zero-order chi connectivity index (χ0) is 12.7. The van der Waals surface area contributed by atoms with Gasteiger partial charge >= 0.3 is 5.00 Å². The van der Waals surface area contributed by atoms with Crippen molar-refractivity contribution in [1.82, 2.24) is 10.6 Å². The maximum absolute atomic E-state index is 12.0. The van der Waals surface area contributed by atoms with Crippen LogP contribution in [-0.4, -0.2) is 29.0 Å². The van der Waals surface area contributed by atoms with Gasteiger partial charge in [-0.25, -0.2) is 0 Å². The summed E-state index contributed by atoms with van der Waals surface area (Å²) in [6.07, 6.45) is 3.24. The van der Waals surface area contributed by atoms with Crippen LogP contribution in [0.25, 0.3) is 0 Å². The van der Waals surface area contributed by atoms with Crippen molar-refractivity contribution < 1.29 is 9.72 Å². The highest BCUT2D eigenvalue weighted by Crippen LogP contribution is 2.29. The number of nitro groups is 1. The van der Waals surface area contributed by atoms with Gasteiger partial charge in [0.15, 0.2) is 0 Å². The van der Waals surface area contributed by atoms with E-state index in [1.807, 2.05) is 0 Å². The maximum Gasteiger partial charge on any atom is 0.324 e. The lowest BCUT2D eigenvalue weighted by Crippen LogP contribution is -2.42. The number of amides is 1. The van der Waals surface area contributed by atoms with Gasteiger partial charge in [0, 0.05) is 24.2 Å². The zero-order valence-corrected chi connectivity index (χ0v) is 10.4. The monoisotopic (exact) mass is 267 g/mol. The van der Waals surface area contributed by atoms with E-state index >= 15 is 0 Å². The third kappa shape index (κ3) is 1.99. The van der Waals surface area contributed by atoms with Crippen LogP contribution in [0.5, 0.6) is 0 Å². The number of nitrogens with zero attached hydrogens (tertiary/aromatic N) is 1. The minimum Gasteiger partial charge on any atom is -0.347 e. The van der Waals surface area contributed by atoms with Crippen molar-refractivity contribution in [3.63, 3.8) is 0 Å². The summed E-state index contributed by atoms with van der Waals surface area (Å²) in [5.74, 6) is -0.201. The summed E-state index contributed by atoms with van der Waals surface area (Å²) in [4.78, 5) is 22.5. The SMILES string of the molecule is O=C(N[C@@H]1C[C@H]2CC[C@@H]1N2)c1ccc([N+](=O)[O-])s1. The molecule has 2 saturated heterocycles. The second kappa shape index (κ2) is 4.33. The number of carbonyl (C=O) groups is 1. The number of nitrogens with one attached hydrogen (secondary N) is 2. The number of thiophene rings is 1. The smallest absolute Gasteiger partial charge is 0.324 e. The number of rotatable bonds is 3. The van der Waals surface area contributed by atoms with Crippen molar-refractivity contribution in [2.45, 2.75) is 37.4 Å². The topological polar surface area (TPSA) is 84.3 Å². The third-order valence-electron chi connectivity index (χ3n) is 3.61. The van der Waals surface area contributed by atoms with Crippen LogP contribution in [0.3, 0.4) is 0 Å². The van der Waals surface area contributed by atoms with Crippen molar-refractivity contribution in [2.24, 2.45) is 0 Å². The molecule has 2 fully saturated rings. The molecule has 0 saturated carbocycles. The molecule has 0 aromatic carbocycles. The van der Waals surface area contributed by atoms with Gasteiger partial charge < -0.3 is 10.6 Å². The van der Waals surface area contributed by atoms with E-state index in [1.54, 1.807) is 0 Å². The summed E-state index contributed by atoms with van der Waals surface area (Å²) in [5.41, 5.74) is 0. The molecular formula is C11H13N3O3S. The molecule has 1 aromatic heterocycles. The minimum atomic E-state index is -0.472. The second-order valence-corrected chi connectivity index (χ2v) is 5.82. The molecule has 1 amide bonds. The van der Waals surface area contributed by atoms with Crippen molar-refractivity contribution in [2.75, 3.05) is 0 Å². The lowest BCUT2D eigenvalue weighted by molar-refractivity contribution is -0.380. The Morgan fingerprint density at radius 2 is 2.33 bits per heavy atom. The second-order valence-electron chi connectivity index (χ2n) is 4.76. The normalized spacial score (nSPS) is 29.4. The number of carbonyl (C=O) groups excluding carboxylic acids is 1. The average Bonchev–Trinajstić information content (AvgIpc) is 3.04. The van der Waals surface area contributed by atoms with Gasteiger partial charge in [-0.15, -0.1) is 0 Å². The Hall–Kier alpha value is -1.47. The van der Waals surface area contributed by atoms with E-state index in [-0.39, 0.29) is 17.0 Å². The molecule has 0 spiro atoms. The van der Waals surface area contributed by atoms with Crippen LogP contribution in [-0.2, 0) is 0 Å². The number of hydrogen-bond donors (Lipinski definition) is 2. The van der Waals surface area contributed by atoms with E-state index in [9.17, 15) is 14.9 Å². The minimum absolute atomic E-state index is 0.00576. The molecule has 96 valence electrons. The highest BCUT2D eigenvalue weighted by atomic mass is 32.1. The van der Waals surface area contributed by atoms with Gasteiger partial charge in [0.05, 0.1) is 9.80 Å². The zero-order valence-electron chi connectivity index (χ0n) is 9.59. The van der Waals surface area contributed by atoms with Gasteiger partial charge in [0.1, 0.15) is 0 Å². The predicted octanol–water partition coefficient (Wildman–Crippen LogP) is 1.28. The summed E-state index contributed by atoms with van der Waals surface area (Å²) >= 11 is 0.921. The molecule has 18 heavy (non-hydrogen) atoms. The van der Waals surface area contributed by atoms with Gasteiger partial charge in [0.25, 0.3) is 5.91 Å². The van der Waals surface area contributed by atoms with Crippen molar-refractivity contribution in [1.29, 1.82) is 0 Å². The molecule has 2 bridgehead atoms. The molecular weight excluding hydrogens is 254 g/mol. The number of fused-ring (bicyclic) bond motifs is 2. The van der Waals surface area contributed by atoms with E-state index in [2.05, 4.69) is 10.6 Å². The molecule has 6 nitrogen and oxygen atoms in total. The molecule has 1 aromatic rings. The molecule has 2 aliphatic rings. The van der Waals surface area contributed by atoms with E-state index in [4.69, 9.17) is 0 Å². The third-order valence-corrected chi connectivity index (χ3v) is 4.65. The van der Waals surface area contributed by atoms with Crippen molar-refractivity contribution >= 4 is 22.2 Å². The summed E-state index contributed by atoms with van der Waals surface area (Å²) in [5, 5.41) is 17.0. The summed E-state index contributed by atoms with van der Waals surface area (Å²) in [7, 11) is 0. The predicted molar refractivity (Wildman–Crippen MR) is 66.8 cm³/mol. The molecule has 7 heteroatoms. The van der Waals surface area contributed by atoms with E-state index in [0.29, 0.717) is 17.0 Å². The first-order valence-corrected chi connectivity index (χ1v) is 6.76. The highest BCUT2D eigenvalue weighted by molar-refractivity contribution is 7.17. The molecule has 3 rings (SSSR count). The molecule has 3 atom stereocenters. The maximum atomic E-state index is 12.0. The quantitative estimate of drug-likeness (QED) is 0.638. The Morgan fingerprint density at radius 1 is 1.50 bits per heavy atom. The van der Waals surface area contributed by atoms with Crippen LogP contribution in [0.2, 0.25) is 0 Å².